The summed E-state index contributed by atoms with van der Waals surface area (Å²) in [4.78, 5) is 20.6. The Labute approximate surface area is 171 Å². The molecule has 1 aromatic heterocycles. The molecule has 1 aliphatic heterocycles. The molecule has 0 spiro atoms. The van der Waals surface area contributed by atoms with Gasteiger partial charge in [-0.05, 0) is 49.6 Å². The largest absolute Gasteiger partial charge is 0.495 e. The molecule has 0 aliphatic carbocycles. The van der Waals surface area contributed by atoms with E-state index in [2.05, 4.69) is 9.98 Å². The van der Waals surface area contributed by atoms with E-state index in [1.165, 1.54) is 30.3 Å². The fraction of sp³-hybridized carbons (Fsp3) is 0.381. The SMILES string of the molecule is [2H]C([2H])([2H])Oc1ccc(C(=O)Cc2ccc(F)c([C@]3(C)CC[C@@](F)(CF)C(N)=N3)c2)nc1. The Bertz CT molecular complexity index is 1050. The molecule has 2 aromatic rings. The van der Waals surface area contributed by atoms with Crippen LogP contribution in [0, 0.1) is 5.82 Å². The average Bonchev–Trinajstić information content (AvgIpc) is 2.72. The number of aliphatic imine (C=N–C) groups is 1. The zero-order chi connectivity index (χ0) is 23.7. The number of Topliss-reactive ketones (excluding diaryl/α,β-unsaturated/α-hetero) is 1. The van der Waals surface area contributed by atoms with Gasteiger partial charge < -0.3 is 10.5 Å². The number of alkyl halides is 2. The van der Waals surface area contributed by atoms with E-state index in [1.54, 1.807) is 6.92 Å². The van der Waals surface area contributed by atoms with Crippen LogP contribution in [0.4, 0.5) is 13.2 Å². The fourth-order valence-corrected chi connectivity index (χ4v) is 3.30. The Morgan fingerprint density at radius 2 is 2.14 bits per heavy atom. The molecule has 3 rings (SSSR count). The van der Waals surface area contributed by atoms with Gasteiger partial charge in [0.1, 0.15) is 29.8 Å². The molecule has 5 nitrogen and oxygen atoms in total. The van der Waals surface area contributed by atoms with Gasteiger partial charge in [-0.25, -0.2) is 18.2 Å². The zero-order valence-corrected chi connectivity index (χ0v) is 15.7. The second-order valence-corrected chi connectivity index (χ2v) is 7.27. The highest BCUT2D eigenvalue weighted by Crippen LogP contribution is 2.40. The first-order valence-electron chi connectivity index (χ1n) is 10.4. The lowest BCUT2D eigenvalue weighted by molar-refractivity contribution is 0.0988. The van der Waals surface area contributed by atoms with Crippen LogP contribution in [0.5, 0.6) is 5.75 Å². The van der Waals surface area contributed by atoms with Gasteiger partial charge in [-0.1, -0.05) is 6.07 Å². The number of aromatic nitrogens is 1. The van der Waals surface area contributed by atoms with Crippen LogP contribution in [0.15, 0.2) is 41.5 Å². The lowest BCUT2D eigenvalue weighted by Crippen LogP contribution is -2.48. The normalized spacial score (nSPS) is 26.1. The molecule has 0 radical (unpaired) electrons. The van der Waals surface area contributed by atoms with E-state index in [4.69, 9.17) is 14.6 Å². The van der Waals surface area contributed by atoms with Gasteiger partial charge in [-0.2, -0.15) is 0 Å². The molecule has 0 saturated heterocycles. The third kappa shape index (κ3) is 4.11. The van der Waals surface area contributed by atoms with Crippen molar-refractivity contribution in [3.63, 3.8) is 0 Å². The summed E-state index contributed by atoms with van der Waals surface area (Å²) < 4.78 is 67.9. The average molecular weight is 408 g/mol. The van der Waals surface area contributed by atoms with Crippen molar-refractivity contribution in [1.29, 1.82) is 0 Å². The van der Waals surface area contributed by atoms with Gasteiger partial charge in [0.25, 0.3) is 0 Å². The minimum Gasteiger partial charge on any atom is -0.495 e. The number of hydrogen-bond acceptors (Lipinski definition) is 5. The predicted octanol–water partition coefficient (Wildman–Crippen LogP) is 3.70. The Kier molecular flexibility index (Phi) is 4.60. The lowest BCUT2D eigenvalue weighted by atomic mass is 9.80. The first-order valence-corrected chi connectivity index (χ1v) is 8.93. The summed E-state index contributed by atoms with van der Waals surface area (Å²) in [5.74, 6) is -1.52. The van der Waals surface area contributed by atoms with Crippen LogP contribution in [-0.2, 0) is 12.0 Å². The Hall–Kier alpha value is -2.90. The van der Waals surface area contributed by atoms with Gasteiger partial charge in [0.05, 0.1) is 22.9 Å². The number of rotatable bonds is 6. The number of benzene rings is 1. The smallest absolute Gasteiger partial charge is 0.195 e. The molecule has 0 saturated carbocycles. The molecule has 0 fully saturated rings. The van der Waals surface area contributed by atoms with E-state index in [9.17, 15) is 18.0 Å². The summed E-state index contributed by atoms with van der Waals surface area (Å²) in [6.07, 6.45) is 0.804. The van der Waals surface area contributed by atoms with E-state index in [0.717, 1.165) is 6.20 Å². The third-order valence-electron chi connectivity index (χ3n) is 5.16. The molecule has 2 heterocycles. The van der Waals surface area contributed by atoms with Crippen molar-refractivity contribution in [2.75, 3.05) is 13.7 Å². The van der Waals surface area contributed by atoms with Crippen LogP contribution in [0.1, 0.15) is 45.5 Å². The molecule has 8 heteroatoms. The first kappa shape index (κ1) is 17.0. The molecule has 154 valence electrons. The Morgan fingerprint density at radius 1 is 1.34 bits per heavy atom. The van der Waals surface area contributed by atoms with Crippen LogP contribution >= 0.6 is 0 Å². The van der Waals surface area contributed by atoms with E-state index < -0.39 is 36.6 Å². The second-order valence-electron chi connectivity index (χ2n) is 7.27. The molecule has 0 bridgehead atoms. The first-order chi connectivity index (χ1) is 14.8. The van der Waals surface area contributed by atoms with Gasteiger partial charge in [0.15, 0.2) is 11.5 Å². The van der Waals surface area contributed by atoms with Gasteiger partial charge in [-0.15, -0.1) is 0 Å². The lowest BCUT2D eigenvalue weighted by Gasteiger charge is -2.36. The summed E-state index contributed by atoms with van der Waals surface area (Å²) >= 11 is 0. The summed E-state index contributed by atoms with van der Waals surface area (Å²) in [5, 5.41) is 0. The number of ether oxygens (including phenoxy) is 1. The molecule has 0 unspecified atom stereocenters. The minimum atomic E-state index is -2.63. The maximum atomic E-state index is 14.6. The summed E-state index contributed by atoms with van der Waals surface area (Å²) in [5.41, 5.74) is 2.74. The predicted molar refractivity (Wildman–Crippen MR) is 103 cm³/mol. The molecular weight excluding hydrogens is 383 g/mol. The summed E-state index contributed by atoms with van der Waals surface area (Å²) in [6.45, 7) is 0.269. The fourth-order valence-electron chi connectivity index (χ4n) is 3.30. The van der Waals surface area contributed by atoms with Crippen molar-refractivity contribution in [3.8, 4) is 5.75 Å². The number of amidine groups is 1. The number of nitrogens with zero attached hydrogens (tertiary/aromatic N) is 2. The third-order valence-corrected chi connectivity index (χ3v) is 5.16. The zero-order valence-electron chi connectivity index (χ0n) is 18.7. The van der Waals surface area contributed by atoms with Gasteiger partial charge >= 0.3 is 0 Å². The topological polar surface area (TPSA) is 77.6 Å². The van der Waals surface area contributed by atoms with Crippen LogP contribution in [0.25, 0.3) is 0 Å². The van der Waals surface area contributed by atoms with Gasteiger partial charge in [-0.3, -0.25) is 9.79 Å². The number of methoxy groups -OCH3 is 1. The number of ketones is 1. The maximum Gasteiger partial charge on any atom is 0.195 e. The van der Waals surface area contributed by atoms with Gasteiger partial charge in [0, 0.05) is 12.0 Å². The van der Waals surface area contributed by atoms with Crippen LogP contribution < -0.4 is 10.5 Å². The van der Waals surface area contributed by atoms with Gasteiger partial charge in [0.2, 0.25) is 0 Å². The number of hydrogen-bond donors (Lipinski definition) is 1. The number of carbonyl (C=O) groups excluding carboxylic acids is 1. The number of nitrogens with two attached hydrogens (primary N) is 1. The number of carbonyl (C=O) groups is 1. The Balaban J connectivity index is 1.81. The summed E-state index contributed by atoms with van der Waals surface area (Å²) in [6, 6.07) is 6.72. The highest BCUT2D eigenvalue weighted by molar-refractivity contribution is 5.95. The van der Waals surface area contributed by atoms with Crippen LogP contribution in [0.3, 0.4) is 0 Å². The van der Waals surface area contributed by atoms with Crippen LogP contribution in [-0.4, -0.2) is 36.0 Å². The highest BCUT2D eigenvalue weighted by atomic mass is 19.2. The molecule has 29 heavy (non-hydrogen) atoms. The van der Waals surface area contributed by atoms with Crippen molar-refractivity contribution < 1.29 is 26.8 Å². The molecule has 1 aliphatic rings. The molecule has 0 amide bonds. The van der Waals surface area contributed by atoms with Crippen molar-refractivity contribution in [2.24, 2.45) is 10.7 Å². The Morgan fingerprint density at radius 3 is 2.76 bits per heavy atom. The van der Waals surface area contributed by atoms with E-state index >= 15 is 0 Å². The van der Waals surface area contributed by atoms with Crippen molar-refractivity contribution in [1.82, 2.24) is 4.98 Å². The quantitative estimate of drug-likeness (QED) is 0.740. The van der Waals surface area contributed by atoms with E-state index in [1.807, 2.05) is 0 Å². The monoisotopic (exact) mass is 408 g/mol. The maximum absolute atomic E-state index is 14.6. The summed E-state index contributed by atoms with van der Waals surface area (Å²) in [7, 11) is -2.63. The number of pyridine rings is 1. The second kappa shape index (κ2) is 7.85. The van der Waals surface area contributed by atoms with Crippen LogP contribution in [0.2, 0.25) is 0 Å². The van der Waals surface area contributed by atoms with E-state index in [0.29, 0.717) is 5.56 Å². The highest BCUT2D eigenvalue weighted by Gasteiger charge is 2.44. The van der Waals surface area contributed by atoms with E-state index in [-0.39, 0.29) is 42.1 Å². The molecule has 2 atom stereocenters. The molecule has 1 aromatic carbocycles. The molecular formula is C21H22F3N3O2. The number of halogens is 3. The minimum absolute atomic E-state index is 0.0106. The van der Waals surface area contributed by atoms with Crippen molar-refractivity contribution in [2.45, 2.75) is 37.4 Å². The molecule has 2 N–H and O–H groups in total. The standard InChI is InChI=1S/C21H22F3N3O2/c1-20(7-8-21(24,12-22)19(25)27-20)15-9-13(3-5-16(15)23)10-18(28)17-6-4-14(29-2)11-26-17/h3-6,9,11H,7-8,10,12H2,1-2H3,(H2,25,27)/t20-,21+/m0/s1/i2D3. The van der Waals surface area contributed by atoms with Crippen molar-refractivity contribution in [3.05, 3.63) is 59.2 Å². The van der Waals surface area contributed by atoms with Crippen molar-refractivity contribution >= 4 is 11.6 Å².